The number of anilines is 1. The van der Waals surface area contributed by atoms with Crippen molar-refractivity contribution in [1.29, 1.82) is 0 Å². The summed E-state index contributed by atoms with van der Waals surface area (Å²) in [5.74, 6) is -0.106. The molecule has 0 fully saturated rings. The summed E-state index contributed by atoms with van der Waals surface area (Å²) in [7, 11) is 3.89. The third-order valence-electron chi connectivity index (χ3n) is 3.33. The molecule has 21 heavy (non-hydrogen) atoms. The second kappa shape index (κ2) is 6.90. The summed E-state index contributed by atoms with van der Waals surface area (Å²) in [5, 5.41) is 2.88. The van der Waals surface area contributed by atoms with E-state index in [4.69, 9.17) is 5.73 Å². The predicted octanol–water partition coefficient (Wildman–Crippen LogP) is 2.18. The van der Waals surface area contributed by atoms with Gasteiger partial charge >= 0.3 is 0 Å². The maximum atomic E-state index is 12.2. The second-order valence-corrected chi connectivity index (χ2v) is 5.17. The number of carbonyl (C=O) groups excluding carboxylic acids is 1. The van der Waals surface area contributed by atoms with Crippen LogP contribution in [0.4, 0.5) is 5.69 Å². The SMILES string of the molecule is CN(C)c1cccc(C(=O)NCC(N)c2ccccc2)c1. The van der Waals surface area contributed by atoms with Crippen molar-refractivity contribution in [1.82, 2.24) is 5.32 Å². The molecule has 4 nitrogen and oxygen atoms in total. The monoisotopic (exact) mass is 283 g/mol. The molecule has 0 aliphatic rings. The van der Waals surface area contributed by atoms with Crippen LogP contribution in [0.25, 0.3) is 0 Å². The normalized spacial score (nSPS) is 11.8. The summed E-state index contributed by atoms with van der Waals surface area (Å²) in [6.07, 6.45) is 0. The number of hydrogen-bond acceptors (Lipinski definition) is 3. The van der Waals surface area contributed by atoms with Crippen LogP contribution < -0.4 is 16.0 Å². The highest BCUT2D eigenvalue weighted by Gasteiger charge is 2.10. The minimum absolute atomic E-state index is 0.106. The van der Waals surface area contributed by atoms with Gasteiger partial charge in [-0.25, -0.2) is 0 Å². The molecule has 4 heteroatoms. The number of nitrogens with zero attached hydrogens (tertiary/aromatic N) is 1. The van der Waals surface area contributed by atoms with Crippen molar-refractivity contribution in [3.63, 3.8) is 0 Å². The van der Waals surface area contributed by atoms with E-state index in [2.05, 4.69) is 5.32 Å². The largest absolute Gasteiger partial charge is 0.378 e. The molecule has 3 N–H and O–H groups in total. The lowest BCUT2D eigenvalue weighted by Crippen LogP contribution is -2.32. The van der Waals surface area contributed by atoms with E-state index in [1.54, 1.807) is 6.07 Å². The molecule has 0 spiro atoms. The number of nitrogens with two attached hydrogens (primary N) is 1. The Balaban J connectivity index is 1.97. The van der Waals surface area contributed by atoms with Gasteiger partial charge in [0.1, 0.15) is 0 Å². The van der Waals surface area contributed by atoms with Crippen LogP contribution in [0.2, 0.25) is 0 Å². The summed E-state index contributed by atoms with van der Waals surface area (Å²) in [5.41, 5.74) is 8.73. The van der Waals surface area contributed by atoms with E-state index in [-0.39, 0.29) is 11.9 Å². The molecule has 0 bridgehead atoms. The van der Waals surface area contributed by atoms with Gasteiger partial charge in [-0.2, -0.15) is 0 Å². The Morgan fingerprint density at radius 3 is 2.52 bits per heavy atom. The zero-order valence-electron chi connectivity index (χ0n) is 12.4. The van der Waals surface area contributed by atoms with Crippen LogP contribution in [-0.2, 0) is 0 Å². The number of rotatable bonds is 5. The molecule has 1 amide bonds. The molecule has 0 saturated heterocycles. The molecule has 0 heterocycles. The Morgan fingerprint density at radius 1 is 1.14 bits per heavy atom. The molecule has 2 rings (SSSR count). The lowest BCUT2D eigenvalue weighted by atomic mass is 10.1. The van der Waals surface area contributed by atoms with Crippen molar-refractivity contribution in [2.24, 2.45) is 5.73 Å². The van der Waals surface area contributed by atoms with E-state index in [9.17, 15) is 4.79 Å². The standard InChI is InChI=1S/C17H21N3O/c1-20(2)15-10-6-9-14(11-15)17(21)19-12-16(18)13-7-4-3-5-8-13/h3-11,16H,12,18H2,1-2H3,(H,19,21). The Labute approximate surface area is 125 Å². The fraction of sp³-hybridized carbons (Fsp3) is 0.235. The fourth-order valence-corrected chi connectivity index (χ4v) is 2.05. The molecule has 2 aromatic rings. The van der Waals surface area contributed by atoms with E-state index < -0.39 is 0 Å². The molecule has 0 aromatic heterocycles. The molecular formula is C17H21N3O. The van der Waals surface area contributed by atoms with Crippen LogP contribution in [0.3, 0.4) is 0 Å². The summed E-state index contributed by atoms with van der Waals surface area (Å²) < 4.78 is 0. The second-order valence-electron chi connectivity index (χ2n) is 5.17. The van der Waals surface area contributed by atoms with Crippen molar-refractivity contribution in [2.45, 2.75) is 6.04 Å². The number of amides is 1. The van der Waals surface area contributed by atoms with Gasteiger partial charge in [-0.3, -0.25) is 4.79 Å². The zero-order chi connectivity index (χ0) is 15.2. The number of benzene rings is 2. The van der Waals surface area contributed by atoms with Crippen molar-refractivity contribution in [2.75, 3.05) is 25.5 Å². The number of nitrogens with one attached hydrogen (secondary N) is 1. The maximum absolute atomic E-state index is 12.2. The predicted molar refractivity (Wildman–Crippen MR) is 86.5 cm³/mol. The maximum Gasteiger partial charge on any atom is 0.251 e. The van der Waals surface area contributed by atoms with Crippen LogP contribution in [-0.4, -0.2) is 26.5 Å². The Morgan fingerprint density at radius 2 is 1.86 bits per heavy atom. The average Bonchev–Trinajstić information content (AvgIpc) is 2.53. The number of carbonyl (C=O) groups is 1. The van der Waals surface area contributed by atoms with Gasteiger partial charge in [0.25, 0.3) is 5.91 Å². The summed E-state index contributed by atoms with van der Waals surface area (Å²) in [4.78, 5) is 14.1. The molecule has 0 radical (unpaired) electrons. The summed E-state index contributed by atoms with van der Waals surface area (Å²) in [6, 6.07) is 17.1. The van der Waals surface area contributed by atoms with Gasteiger partial charge in [0.15, 0.2) is 0 Å². The summed E-state index contributed by atoms with van der Waals surface area (Å²) in [6.45, 7) is 0.412. The number of hydrogen-bond donors (Lipinski definition) is 2. The van der Waals surface area contributed by atoms with Gasteiger partial charge in [0.2, 0.25) is 0 Å². The van der Waals surface area contributed by atoms with Crippen LogP contribution in [0, 0.1) is 0 Å². The van der Waals surface area contributed by atoms with Crippen molar-refractivity contribution in [3.05, 3.63) is 65.7 Å². The molecule has 1 atom stereocenters. The van der Waals surface area contributed by atoms with E-state index >= 15 is 0 Å². The first-order valence-corrected chi connectivity index (χ1v) is 6.94. The highest BCUT2D eigenvalue weighted by molar-refractivity contribution is 5.95. The first kappa shape index (κ1) is 15.1. The van der Waals surface area contributed by atoms with Crippen molar-refractivity contribution >= 4 is 11.6 Å². The van der Waals surface area contributed by atoms with Crippen LogP contribution >= 0.6 is 0 Å². The fourth-order valence-electron chi connectivity index (χ4n) is 2.05. The van der Waals surface area contributed by atoms with E-state index in [1.165, 1.54) is 0 Å². The first-order valence-electron chi connectivity index (χ1n) is 6.94. The lowest BCUT2D eigenvalue weighted by molar-refractivity contribution is 0.0951. The molecule has 0 aliphatic heterocycles. The Kier molecular flexibility index (Phi) is 4.95. The van der Waals surface area contributed by atoms with Gasteiger partial charge in [0.05, 0.1) is 0 Å². The highest BCUT2D eigenvalue weighted by Crippen LogP contribution is 2.14. The highest BCUT2D eigenvalue weighted by atomic mass is 16.1. The van der Waals surface area contributed by atoms with Crippen molar-refractivity contribution in [3.8, 4) is 0 Å². The van der Waals surface area contributed by atoms with Crippen molar-refractivity contribution < 1.29 is 4.79 Å². The van der Waals surface area contributed by atoms with Gasteiger partial charge in [-0.05, 0) is 23.8 Å². The average molecular weight is 283 g/mol. The quantitative estimate of drug-likeness (QED) is 0.884. The molecular weight excluding hydrogens is 262 g/mol. The molecule has 110 valence electrons. The van der Waals surface area contributed by atoms with E-state index in [1.807, 2.05) is 67.5 Å². The summed E-state index contributed by atoms with van der Waals surface area (Å²) >= 11 is 0. The minimum Gasteiger partial charge on any atom is -0.378 e. The minimum atomic E-state index is -0.202. The third kappa shape index (κ3) is 4.07. The lowest BCUT2D eigenvalue weighted by Gasteiger charge is -2.15. The van der Waals surface area contributed by atoms with E-state index in [0.717, 1.165) is 11.3 Å². The van der Waals surface area contributed by atoms with Gasteiger partial charge in [-0.15, -0.1) is 0 Å². The molecule has 0 saturated carbocycles. The Hall–Kier alpha value is -2.33. The molecule has 1 unspecified atom stereocenters. The third-order valence-corrected chi connectivity index (χ3v) is 3.33. The molecule has 2 aromatic carbocycles. The van der Waals surface area contributed by atoms with Gasteiger partial charge in [-0.1, -0.05) is 36.4 Å². The molecule has 0 aliphatic carbocycles. The van der Waals surface area contributed by atoms with E-state index in [0.29, 0.717) is 12.1 Å². The van der Waals surface area contributed by atoms with Crippen LogP contribution in [0.1, 0.15) is 22.0 Å². The topological polar surface area (TPSA) is 58.4 Å². The van der Waals surface area contributed by atoms with Gasteiger partial charge in [0, 0.05) is 37.9 Å². The van der Waals surface area contributed by atoms with Gasteiger partial charge < -0.3 is 16.0 Å². The Bertz CT molecular complexity index is 596. The zero-order valence-corrected chi connectivity index (χ0v) is 12.4. The first-order chi connectivity index (χ1) is 10.1. The smallest absolute Gasteiger partial charge is 0.251 e. The van der Waals surface area contributed by atoms with Crippen LogP contribution in [0.15, 0.2) is 54.6 Å². The van der Waals surface area contributed by atoms with Crippen LogP contribution in [0.5, 0.6) is 0 Å².